The SMILES string of the molecule is [2H]C([2H])(Oc1cccc2c1CN(C1CCC(=O)NC1=O)C2=O)c1ccc(C([2H])([2H])N2CCOCC2=O)cc1. The molecule has 0 spiro atoms. The smallest absolute Gasteiger partial charge is 0.255 e. The van der Waals surface area contributed by atoms with Crippen LogP contribution in [-0.2, 0) is 38.7 Å². The summed E-state index contributed by atoms with van der Waals surface area (Å²) in [5.41, 5.74) is 1.01. The minimum atomic E-state index is -2.35. The van der Waals surface area contributed by atoms with E-state index in [0.29, 0.717) is 11.1 Å². The van der Waals surface area contributed by atoms with Crippen LogP contribution < -0.4 is 10.1 Å². The summed E-state index contributed by atoms with van der Waals surface area (Å²) in [6.07, 6.45) is 0.327. The topological polar surface area (TPSA) is 105 Å². The lowest BCUT2D eigenvalue weighted by Crippen LogP contribution is -2.52. The van der Waals surface area contributed by atoms with Crippen molar-refractivity contribution < 1.29 is 34.1 Å². The number of amides is 4. The quantitative estimate of drug-likeness (QED) is 0.644. The highest BCUT2D eigenvalue weighted by Crippen LogP contribution is 2.34. The number of ether oxygens (including phenoxy) is 2. The number of carbonyl (C=O) groups excluding carboxylic acids is 4. The van der Waals surface area contributed by atoms with Gasteiger partial charge in [0.05, 0.1) is 18.6 Å². The zero-order valence-electron chi connectivity index (χ0n) is 22.2. The molecule has 1 N–H and O–H groups in total. The van der Waals surface area contributed by atoms with Gasteiger partial charge in [-0.1, -0.05) is 30.3 Å². The Morgan fingerprint density at radius 3 is 2.65 bits per heavy atom. The van der Waals surface area contributed by atoms with Crippen LogP contribution in [0.15, 0.2) is 42.5 Å². The van der Waals surface area contributed by atoms with Crippen molar-refractivity contribution in [3.05, 3.63) is 64.7 Å². The Hall–Kier alpha value is -3.72. The number of piperidine rings is 1. The minimum absolute atomic E-state index is 0.0272. The third-order valence-corrected chi connectivity index (χ3v) is 5.95. The summed E-state index contributed by atoms with van der Waals surface area (Å²) < 4.78 is 44.8. The molecule has 3 aliphatic heterocycles. The maximum Gasteiger partial charge on any atom is 0.255 e. The molecule has 9 nitrogen and oxygen atoms in total. The van der Waals surface area contributed by atoms with E-state index in [0.717, 1.165) is 4.90 Å². The summed E-state index contributed by atoms with van der Waals surface area (Å²) >= 11 is 0. The fourth-order valence-corrected chi connectivity index (χ4v) is 4.17. The number of hydrogen-bond acceptors (Lipinski definition) is 6. The maximum atomic E-state index is 13.0. The molecule has 0 saturated carbocycles. The molecule has 176 valence electrons. The highest BCUT2D eigenvalue weighted by molar-refractivity contribution is 6.05. The number of nitrogens with zero attached hydrogens (tertiary/aromatic N) is 2. The van der Waals surface area contributed by atoms with Gasteiger partial charge in [-0.3, -0.25) is 24.5 Å². The monoisotopic (exact) mass is 467 g/mol. The van der Waals surface area contributed by atoms with Crippen molar-refractivity contribution in [2.45, 2.75) is 38.5 Å². The Morgan fingerprint density at radius 2 is 1.88 bits per heavy atom. The summed E-state index contributed by atoms with van der Waals surface area (Å²) in [7, 11) is 0. The first-order chi connectivity index (χ1) is 18.0. The van der Waals surface area contributed by atoms with Gasteiger partial charge in [0.1, 0.15) is 25.0 Å². The Balaban J connectivity index is 1.35. The van der Waals surface area contributed by atoms with Gasteiger partial charge in [-0.15, -0.1) is 0 Å². The van der Waals surface area contributed by atoms with Crippen molar-refractivity contribution in [3.8, 4) is 5.75 Å². The number of morpholine rings is 1. The van der Waals surface area contributed by atoms with E-state index >= 15 is 0 Å². The van der Waals surface area contributed by atoms with Crippen LogP contribution >= 0.6 is 0 Å². The number of fused-ring (bicyclic) bond motifs is 1. The molecule has 0 aliphatic carbocycles. The lowest BCUT2D eigenvalue weighted by Gasteiger charge is -2.29. The molecule has 2 fully saturated rings. The number of benzene rings is 2. The molecule has 1 atom stereocenters. The highest BCUT2D eigenvalue weighted by Gasteiger charge is 2.40. The van der Waals surface area contributed by atoms with Crippen LogP contribution in [0.3, 0.4) is 0 Å². The Kier molecular flexibility index (Phi) is 4.83. The molecule has 1 unspecified atom stereocenters. The van der Waals surface area contributed by atoms with Crippen molar-refractivity contribution in [1.82, 2.24) is 15.1 Å². The molecule has 3 aliphatic rings. The van der Waals surface area contributed by atoms with Crippen LogP contribution in [0, 0.1) is 0 Å². The van der Waals surface area contributed by atoms with Crippen LogP contribution in [-0.4, -0.2) is 59.2 Å². The van der Waals surface area contributed by atoms with Crippen LogP contribution in [0.4, 0.5) is 0 Å². The molecule has 9 heteroatoms. The number of rotatable bonds is 6. The largest absolute Gasteiger partial charge is 0.489 e. The van der Waals surface area contributed by atoms with Gasteiger partial charge in [0.15, 0.2) is 0 Å². The van der Waals surface area contributed by atoms with Crippen molar-refractivity contribution in [3.63, 3.8) is 0 Å². The van der Waals surface area contributed by atoms with Gasteiger partial charge in [0, 0.05) is 30.6 Å². The second-order valence-corrected chi connectivity index (χ2v) is 8.17. The van der Waals surface area contributed by atoms with Crippen molar-refractivity contribution in [1.29, 1.82) is 0 Å². The van der Waals surface area contributed by atoms with E-state index in [1.54, 1.807) is 12.1 Å². The average molecular weight is 468 g/mol. The minimum Gasteiger partial charge on any atom is -0.489 e. The standard InChI is InChI=1S/C25H25N3O6/c29-22-9-8-20(24(31)26-22)28-13-19-18(25(28)32)2-1-3-21(19)34-14-17-6-4-16(5-7-17)12-27-10-11-33-15-23(27)30/h1-7,20H,8-15H2,(H,26,29,31)/i12D2,14D2. The second-order valence-electron chi connectivity index (χ2n) is 8.17. The lowest BCUT2D eigenvalue weighted by atomic mass is 10.0. The Bertz CT molecular complexity index is 1320. The molecule has 2 aromatic carbocycles. The second kappa shape index (κ2) is 9.26. The van der Waals surface area contributed by atoms with Gasteiger partial charge < -0.3 is 19.3 Å². The van der Waals surface area contributed by atoms with Gasteiger partial charge in [0.2, 0.25) is 17.7 Å². The van der Waals surface area contributed by atoms with E-state index in [2.05, 4.69) is 5.32 Å². The predicted octanol–water partition coefficient (Wildman–Crippen LogP) is 1.39. The van der Waals surface area contributed by atoms with E-state index in [9.17, 15) is 19.2 Å². The number of imide groups is 1. The van der Waals surface area contributed by atoms with E-state index in [1.165, 1.54) is 35.2 Å². The van der Waals surface area contributed by atoms with Crippen molar-refractivity contribution in [2.24, 2.45) is 0 Å². The van der Waals surface area contributed by atoms with Gasteiger partial charge in [-0.2, -0.15) is 0 Å². The summed E-state index contributed by atoms with van der Waals surface area (Å²) in [5.74, 6) is -1.66. The third-order valence-electron chi connectivity index (χ3n) is 5.95. The zero-order valence-corrected chi connectivity index (χ0v) is 18.2. The highest BCUT2D eigenvalue weighted by atomic mass is 16.5. The van der Waals surface area contributed by atoms with E-state index in [4.69, 9.17) is 15.0 Å². The maximum absolute atomic E-state index is 13.0. The molecule has 4 amide bonds. The first-order valence-electron chi connectivity index (χ1n) is 12.9. The lowest BCUT2D eigenvalue weighted by molar-refractivity contribution is -0.143. The van der Waals surface area contributed by atoms with E-state index in [1.807, 2.05) is 0 Å². The predicted molar refractivity (Wildman–Crippen MR) is 119 cm³/mol. The molecule has 0 radical (unpaired) electrons. The summed E-state index contributed by atoms with van der Waals surface area (Å²) in [4.78, 5) is 51.5. The molecule has 34 heavy (non-hydrogen) atoms. The zero-order chi connectivity index (χ0) is 27.2. The number of nitrogens with one attached hydrogen (secondary N) is 1. The van der Waals surface area contributed by atoms with E-state index < -0.39 is 36.8 Å². The Morgan fingerprint density at radius 1 is 1.09 bits per heavy atom. The number of carbonyl (C=O) groups is 4. The first kappa shape index (κ1) is 17.7. The molecule has 3 heterocycles. The number of hydrogen-bond donors (Lipinski definition) is 1. The first-order valence-corrected chi connectivity index (χ1v) is 10.9. The normalized spacial score (nSPS) is 23.0. The summed E-state index contributed by atoms with van der Waals surface area (Å²) in [5, 5.41) is 2.25. The van der Waals surface area contributed by atoms with Gasteiger partial charge in [-0.05, 0) is 29.7 Å². The van der Waals surface area contributed by atoms with E-state index in [-0.39, 0.29) is 61.9 Å². The van der Waals surface area contributed by atoms with Crippen LogP contribution in [0.2, 0.25) is 0 Å². The average Bonchev–Trinajstić information content (AvgIpc) is 3.21. The molecule has 2 saturated heterocycles. The fraction of sp³-hybridized carbons (Fsp3) is 0.360. The van der Waals surface area contributed by atoms with Crippen LogP contribution in [0.1, 0.15) is 45.4 Å². The van der Waals surface area contributed by atoms with Gasteiger partial charge in [-0.25, -0.2) is 0 Å². The van der Waals surface area contributed by atoms with Crippen LogP contribution in [0.25, 0.3) is 0 Å². The summed E-state index contributed by atoms with van der Waals surface area (Å²) in [6.45, 7) is -4.29. The van der Waals surface area contributed by atoms with Crippen molar-refractivity contribution >= 4 is 23.6 Å². The Labute approximate surface area is 202 Å². The summed E-state index contributed by atoms with van der Waals surface area (Å²) in [6, 6.07) is 9.46. The molecular formula is C25H25N3O6. The van der Waals surface area contributed by atoms with Gasteiger partial charge in [0.25, 0.3) is 5.91 Å². The van der Waals surface area contributed by atoms with Crippen molar-refractivity contribution in [2.75, 3.05) is 19.8 Å². The molecule has 5 rings (SSSR count). The molecule has 0 aromatic heterocycles. The van der Waals surface area contributed by atoms with Gasteiger partial charge >= 0.3 is 0 Å². The fourth-order valence-electron chi connectivity index (χ4n) is 4.17. The molecule has 0 bridgehead atoms. The van der Waals surface area contributed by atoms with Crippen LogP contribution in [0.5, 0.6) is 5.75 Å². The molecular weight excluding hydrogens is 438 g/mol. The third kappa shape index (κ3) is 4.38. The molecule has 2 aromatic rings.